The highest BCUT2D eigenvalue weighted by atomic mass is 35.5. The summed E-state index contributed by atoms with van der Waals surface area (Å²) < 4.78 is 2.17. The van der Waals surface area contributed by atoms with Crippen LogP contribution in [-0.2, 0) is 6.54 Å². The molecule has 0 saturated heterocycles. The van der Waals surface area contributed by atoms with Crippen LogP contribution in [0.1, 0.15) is 0 Å². The molecular formula is C10H10ClN. The number of hydrogen-bond donors (Lipinski definition) is 0. The van der Waals surface area contributed by atoms with Gasteiger partial charge in [-0.3, -0.25) is 0 Å². The second kappa shape index (κ2) is 3.20. The zero-order chi connectivity index (χ0) is 8.39. The first-order chi connectivity index (χ1) is 5.92. The lowest BCUT2D eigenvalue weighted by atomic mass is 10.2. The number of fused-ring (bicyclic) bond motifs is 1. The van der Waals surface area contributed by atoms with Crippen LogP contribution in [0.5, 0.6) is 0 Å². The third-order valence-corrected chi connectivity index (χ3v) is 2.17. The van der Waals surface area contributed by atoms with Crippen molar-refractivity contribution in [2.24, 2.45) is 0 Å². The molecule has 1 heterocycles. The highest BCUT2D eigenvalue weighted by Gasteiger charge is 1.97. The normalized spacial score (nSPS) is 10.8. The number of halogens is 1. The van der Waals surface area contributed by atoms with Crippen molar-refractivity contribution in [3.05, 3.63) is 36.5 Å². The Hall–Kier alpha value is -0.950. The summed E-state index contributed by atoms with van der Waals surface area (Å²) in [5.41, 5.74) is 1.26. The number of aryl methyl sites for hydroxylation is 1. The molecule has 0 aliphatic heterocycles. The maximum absolute atomic E-state index is 5.67. The first kappa shape index (κ1) is 7.69. The fraction of sp³-hybridized carbons (Fsp3) is 0.200. The summed E-state index contributed by atoms with van der Waals surface area (Å²) in [7, 11) is 0. The zero-order valence-corrected chi connectivity index (χ0v) is 7.46. The van der Waals surface area contributed by atoms with E-state index in [9.17, 15) is 0 Å². The Morgan fingerprint density at radius 3 is 2.83 bits per heavy atom. The Morgan fingerprint density at radius 2 is 2.00 bits per heavy atom. The Labute approximate surface area is 76.6 Å². The van der Waals surface area contributed by atoms with Crippen molar-refractivity contribution in [1.82, 2.24) is 4.57 Å². The van der Waals surface area contributed by atoms with E-state index in [1.165, 1.54) is 10.9 Å². The van der Waals surface area contributed by atoms with Crippen LogP contribution < -0.4 is 0 Å². The van der Waals surface area contributed by atoms with Gasteiger partial charge >= 0.3 is 0 Å². The molecule has 2 rings (SSSR count). The number of nitrogens with zero attached hydrogens (tertiary/aromatic N) is 1. The average Bonchev–Trinajstić information content (AvgIpc) is 2.50. The van der Waals surface area contributed by atoms with Gasteiger partial charge in [-0.1, -0.05) is 18.2 Å². The van der Waals surface area contributed by atoms with Crippen LogP contribution in [0.3, 0.4) is 0 Å². The molecule has 2 aromatic rings. The van der Waals surface area contributed by atoms with Crippen molar-refractivity contribution in [1.29, 1.82) is 0 Å². The Balaban J connectivity index is 2.55. The minimum atomic E-state index is 0.665. The van der Waals surface area contributed by atoms with E-state index in [1.807, 2.05) is 12.1 Å². The molecule has 0 N–H and O–H groups in total. The molecule has 12 heavy (non-hydrogen) atoms. The number of hydrogen-bond acceptors (Lipinski definition) is 0. The van der Waals surface area contributed by atoms with Crippen molar-refractivity contribution in [2.45, 2.75) is 6.54 Å². The molecule has 1 aromatic heterocycles. The number of benzene rings is 1. The van der Waals surface area contributed by atoms with Gasteiger partial charge in [0.25, 0.3) is 0 Å². The summed E-state index contributed by atoms with van der Waals surface area (Å²) in [6, 6.07) is 10.4. The highest BCUT2D eigenvalue weighted by Crippen LogP contribution is 2.14. The largest absolute Gasteiger partial charge is 0.346 e. The summed E-state index contributed by atoms with van der Waals surface area (Å²) in [6.07, 6.45) is 2.08. The minimum absolute atomic E-state index is 0.665. The molecule has 0 radical (unpaired) electrons. The third-order valence-electron chi connectivity index (χ3n) is 2.01. The zero-order valence-electron chi connectivity index (χ0n) is 6.70. The molecule has 1 nitrogen and oxygen atoms in total. The fourth-order valence-electron chi connectivity index (χ4n) is 1.43. The standard InChI is InChI=1S/C10H10ClN/c11-6-8-12-7-5-9-3-1-2-4-10(9)12/h1-5,7H,6,8H2. The van der Waals surface area contributed by atoms with E-state index in [4.69, 9.17) is 11.6 Å². The van der Waals surface area contributed by atoms with Gasteiger partial charge in [-0.2, -0.15) is 0 Å². The van der Waals surface area contributed by atoms with Crippen LogP contribution in [0.2, 0.25) is 0 Å². The lowest BCUT2D eigenvalue weighted by Gasteiger charge is -2.00. The van der Waals surface area contributed by atoms with Gasteiger partial charge in [0.05, 0.1) is 0 Å². The number of rotatable bonds is 2. The van der Waals surface area contributed by atoms with Crippen LogP contribution in [0.15, 0.2) is 36.5 Å². The van der Waals surface area contributed by atoms with Crippen molar-refractivity contribution < 1.29 is 0 Å². The third kappa shape index (κ3) is 1.21. The molecule has 0 bridgehead atoms. The molecule has 1 aromatic carbocycles. The number of aromatic nitrogens is 1. The van der Waals surface area contributed by atoms with Gasteiger partial charge in [0.15, 0.2) is 0 Å². The molecule has 0 aliphatic carbocycles. The second-order valence-corrected chi connectivity index (χ2v) is 3.13. The highest BCUT2D eigenvalue weighted by molar-refractivity contribution is 6.17. The van der Waals surface area contributed by atoms with Crippen LogP contribution in [-0.4, -0.2) is 10.4 Å². The summed E-state index contributed by atoms with van der Waals surface area (Å²) in [6.45, 7) is 0.884. The van der Waals surface area contributed by atoms with E-state index in [0.717, 1.165) is 6.54 Å². The molecule has 0 saturated carbocycles. The Bertz CT molecular complexity index is 378. The molecule has 2 heteroatoms. The molecule has 0 spiro atoms. The van der Waals surface area contributed by atoms with E-state index < -0.39 is 0 Å². The van der Waals surface area contributed by atoms with E-state index in [0.29, 0.717) is 5.88 Å². The predicted molar refractivity (Wildman–Crippen MR) is 52.7 cm³/mol. The molecule has 0 aliphatic rings. The molecular weight excluding hydrogens is 170 g/mol. The van der Waals surface area contributed by atoms with Gasteiger partial charge in [0, 0.05) is 24.1 Å². The second-order valence-electron chi connectivity index (χ2n) is 2.76. The van der Waals surface area contributed by atoms with Gasteiger partial charge in [0.1, 0.15) is 0 Å². The Kier molecular flexibility index (Phi) is 2.05. The van der Waals surface area contributed by atoms with E-state index >= 15 is 0 Å². The van der Waals surface area contributed by atoms with Crippen LogP contribution in [0.25, 0.3) is 10.9 Å². The minimum Gasteiger partial charge on any atom is -0.346 e. The maximum atomic E-state index is 5.67. The van der Waals surface area contributed by atoms with E-state index in [-0.39, 0.29) is 0 Å². The molecule has 0 atom stereocenters. The fourth-order valence-corrected chi connectivity index (χ4v) is 1.61. The molecule has 62 valence electrons. The lowest BCUT2D eigenvalue weighted by Crippen LogP contribution is -1.95. The summed E-state index contributed by atoms with van der Waals surface area (Å²) >= 11 is 5.67. The van der Waals surface area contributed by atoms with Crippen LogP contribution >= 0.6 is 11.6 Å². The van der Waals surface area contributed by atoms with Crippen LogP contribution in [0, 0.1) is 0 Å². The van der Waals surface area contributed by atoms with Gasteiger partial charge in [-0.15, -0.1) is 11.6 Å². The van der Waals surface area contributed by atoms with Crippen molar-refractivity contribution >= 4 is 22.5 Å². The van der Waals surface area contributed by atoms with E-state index in [2.05, 4.69) is 29.0 Å². The smallest absolute Gasteiger partial charge is 0.0480 e. The van der Waals surface area contributed by atoms with Gasteiger partial charge in [0.2, 0.25) is 0 Å². The first-order valence-corrected chi connectivity index (χ1v) is 4.55. The molecule has 0 amide bonds. The number of para-hydroxylation sites is 1. The lowest BCUT2D eigenvalue weighted by molar-refractivity contribution is 0.804. The van der Waals surface area contributed by atoms with Crippen molar-refractivity contribution in [3.8, 4) is 0 Å². The van der Waals surface area contributed by atoms with Gasteiger partial charge < -0.3 is 4.57 Å². The SMILES string of the molecule is ClCCn1ccc2ccccc21. The molecule has 0 unspecified atom stereocenters. The Morgan fingerprint density at radius 1 is 1.17 bits per heavy atom. The summed E-state index contributed by atoms with van der Waals surface area (Å²) in [4.78, 5) is 0. The van der Waals surface area contributed by atoms with Crippen LogP contribution in [0.4, 0.5) is 0 Å². The van der Waals surface area contributed by atoms with Crippen molar-refractivity contribution in [2.75, 3.05) is 5.88 Å². The van der Waals surface area contributed by atoms with Gasteiger partial charge in [-0.05, 0) is 17.5 Å². The average molecular weight is 180 g/mol. The van der Waals surface area contributed by atoms with Crippen molar-refractivity contribution in [3.63, 3.8) is 0 Å². The maximum Gasteiger partial charge on any atom is 0.0480 e. The summed E-state index contributed by atoms with van der Waals surface area (Å²) in [5, 5.41) is 1.28. The predicted octanol–water partition coefficient (Wildman–Crippen LogP) is 2.88. The summed E-state index contributed by atoms with van der Waals surface area (Å²) in [5.74, 6) is 0.665. The van der Waals surface area contributed by atoms with Gasteiger partial charge in [-0.25, -0.2) is 0 Å². The van der Waals surface area contributed by atoms with E-state index in [1.54, 1.807) is 0 Å². The monoisotopic (exact) mass is 179 g/mol. The molecule has 0 fully saturated rings. The number of alkyl halides is 1. The first-order valence-electron chi connectivity index (χ1n) is 4.01. The topological polar surface area (TPSA) is 4.93 Å². The quantitative estimate of drug-likeness (QED) is 0.625.